The number of methoxy groups -OCH3 is 2. The molecule has 0 aromatic heterocycles. The van der Waals surface area contributed by atoms with Gasteiger partial charge in [0, 0.05) is 24.2 Å². The Kier molecular flexibility index (Phi) is 6.14. The zero-order chi connectivity index (χ0) is 17.7. The molecule has 0 heterocycles. The maximum absolute atomic E-state index is 6.31. The van der Waals surface area contributed by atoms with Crippen molar-refractivity contribution in [1.29, 1.82) is 0 Å². The predicted octanol–water partition coefficient (Wildman–Crippen LogP) is 4.94. The van der Waals surface area contributed by atoms with Gasteiger partial charge < -0.3 is 14.8 Å². The molecule has 0 aliphatic heterocycles. The third kappa shape index (κ3) is 4.65. The minimum Gasteiger partial charge on any atom is -0.493 e. The molecule has 2 aromatic carbocycles. The van der Waals surface area contributed by atoms with E-state index in [4.69, 9.17) is 21.1 Å². The van der Waals surface area contributed by atoms with Gasteiger partial charge in [0.25, 0.3) is 0 Å². The highest BCUT2D eigenvalue weighted by molar-refractivity contribution is 6.31. The minimum absolute atomic E-state index is 0.180. The van der Waals surface area contributed by atoms with Gasteiger partial charge in [-0.3, -0.25) is 0 Å². The highest BCUT2D eigenvalue weighted by Gasteiger charge is 2.13. The first-order valence-electron chi connectivity index (χ1n) is 8.05. The number of ether oxygens (including phenoxy) is 2. The Morgan fingerprint density at radius 1 is 0.917 bits per heavy atom. The summed E-state index contributed by atoms with van der Waals surface area (Å²) in [6.07, 6.45) is 0. The second-order valence-electron chi connectivity index (χ2n) is 6.85. The standard InChI is InChI=1S/C20H26ClNO2/c1-20(2,3)16-8-6-14(7-9-16)12-22-13-15-10-18(23-4)19(24-5)11-17(15)21/h6-11,22H,12-13H2,1-5H3. The Bertz CT molecular complexity index is 675. The fourth-order valence-corrected chi connectivity index (χ4v) is 2.72. The fraction of sp³-hybridized carbons (Fsp3) is 0.400. The molecule has 130 valence electrons. The Labute approximate surface area is 149 Å². The van der Waals surface area contributed by atoms with E-state index in [0.29, 0.717) is 23.1 Å². The third-order valence-electron chi connectivity index (χ3n) is 4.02. The zero-order valence-corrected chi connectivity index (χ0v) is 15.8. The average molecular weight is 348 g/mol. The van der Waals surface area contributed by atoms with Crippen molar-refractivity contribution in [2.24, 2.45) is 0 Å². The van der Waals surface area contributed by atoms with Crippen LogP contribution in [0.15, 0.2) is 36.4 Å². The zero-order valence-electron chi connectivity index (χ0n) is 15.1. The van der Waals surface area contributed by atoms with Crippen molar-refractivity contribution in [3.05, 3.63) is 58.1 Å². The molecule has 0 aliphatic carbocycles. The summed E-state index contributed by atoms with van der Waals surface area (Å²) < 4.78 is 10.6. The molecule has 0 radical (unpaired) electrons. The van der Waals surface area contributed by atoms with E-state index in [1.807, 2.05) is 6.07 Å². The molecule has 2 rings (SSSR count). The number of nitrogens with one attached hydrogen (secondary N) is 1. The third-order valence-corrected chi connectivity index (χ3v) is 4.37. The van der Waals surface area contributed by atoms with Gasteiger partial charge in [0.1, 0.15) is 0 Å². The first kappa shape index (κ1) is 18.6. The smallest absolute Gasteiger partial charge is 0.162 e. The van der Waals surface area contributed by atoms with Crippen LogP contribution >= 0.6 is 11.6 Å². The molecule has 4 heteroatoms. The van der Waals surface area contributed by atoms with Gasteiger partial charge in [-0.15, -0.1) is 0 Å². The SMILES string of the molecule is COc1cc(Cl)c(CNCc2ccc(C(C)(C)C)cc2)cc1OC. The number of hydrogen-bond donors (Lipinski definition) is 1. The van der Waals surface area contributed by atoms with Gasteiger partial charge in [-0.1, -0.05) is 56.6 Å². The van der Waals surface area contributed by atoms with Gasteiger partial charge in [-0.25, -0.2) is 0 Å². The van der Waals surface area contributed by atoms with Gasteiger partial charge >= 0.3 is 0 Å². The van der Waals surface area contributed by atoms with Crippen molar-refractivity contribution in [3.63, 3.8) is 0 Å². The van der Waals surface area contributed by atoms with E-state index in [9.17, 15) is 0 Å². The highest BCUT2D eigenvalue weighted by Crippen LogP contribution is 2.33. The van der Waals surface area contributed by atoms with E-state index in [1.54, 1.807) is 20.3 Å². The summed E-state index contributed by atoms with van der Waals surface area (Å²) >= 11 is 6.31. The van der Waals surface area contributed by atoms with Crippen LogP contribution in [0.25, 0.3) is 0 Å². The number of benzene rings is 2. The lowest BCUT2D eigenvalue weighted by atomic mass is 9.87. The molecule has 3 nitrogen and oxygen atoms in total. The topological polar surface area (TPSA) is 30.5 Å². The van der Waals surface area contributed by atoms with Crippen molar-refractivity contribution in [1.82, 2.24) is 5.32 Å². The second kappa shape index (κ2) is 7.91. The van der Waals surface area contributed by atoms with Crippen LogP contribution in [0, 0.1) is 0 Å². The number of hydrogen-bond acceptors (Lipinski definition) is 3. The maximum Gasteiger partial charge on any atom is 0.162 e. The van der Waals surface area contributed by atoms with Crippen LogP contribution < -0.4 is 14.8 Å². The highest BCUT2D eigenvalue weighted by atomic mass is 35.5. The van der Waals surface area contributed by atoms with Crippen LogP contribution in [0.3, 0.4) is 0 Å². The molecule has 24 heavy (non-hydrogen) atoms. The molecular formula is C20H26ClNO2. The molecule has 0 aliphatic rings. The predicted molar refractivity (Wildman–Crippen MR) is 100 cm³/mol. The van der Waals surface area contributed by atoms with E-state index in [0.717, 1.165) is 12.1 Å². The van der Waals surface area contributed by atoms with Crippen LogP contribution in [-0.4, -0.2) is 14.2 Å². The van der Waals surface area contributed by atoms with Gasteiger partial charge in [0.05, 0.1) is 14.2 Å². The quantitative estimate of drug-likeness (QED) is 0.802. The van der Waals surface area contributed by atoms with E-state index >= 15 is 0 Å². The number of halogens is 1. The first-order chi connectivity index (χ1) is 11.3. The minimum atomic E-state index is 0.180. The molecule has 0 bridgehead atoms. The molecule has 2 aromatic rings. The van der Waals surface area contributed by atoms with E-state index in [-0.39, 0.29) is 5.41 Å². The monoisotopic (exact) mass is 347 g/mol. The van der Waals surface area contributed by atoms with E-state index < -0.39 is 0 Å². The molecule has 1 N–H and O–H groups in total. The molecule has 0 amide bonds. The van der Waals surface area contributed by atoms with Crippen LogP contribution in [-0.2, 0) is 18.5 Å². The van der Waals surface area contributed by atoms with Crippen molar-refractivity contribution >= 4 is 11.6 Å². The Morgan fingerprint density at radius 3 is 2.04 bits per heavy atom. The summed E-state index contributed by atoms with van der Waals surface area (Å²) in [5.41, 5.74) is 3.76. The molecule has 0 saturated heterocycles. The lowest BCUT2D eigenvalue weighted by molar-refractivity contribution is 0.354. The summed E-state index contributed by atoms with van der Waals surface area (Å²) in [5.74, 6) is 1.33. The van der Waals surface area contributed by atoms with Gasteiger partial charge in [-0.05, 0) is 28.2 Å². The van der Waals surface area contributed by atoms with Gasteiger partial charge in [0.15, 0.2) is 11.5 Å². The van der Waals surface area contributed by atoms with Crippen LogP contribution in [0.4, 0.5) is 0 Å². The van der Waals surface area contributed by atoms with Crippen molar-refractivity contribution in [2.75, 3.05) is 14.2 Å². The first-order valence-corrected chi connectivity index (χ1v) is 8.43. The Hall–Kier alpha value is -1.71. The maximum atomic E-state index is 6.31. The van der Waals surface area contributed by atoms with Crippen LogP contribution in [0.5, 0.6) is 11.5 Å². The van der Waals surface area contributed by atoms with Gasteiger partial charge in [-0.2, -0.15) is 0 Å². The van der Waals surface area contributed by atoms with Crippen LogP contribution in [0.1, 0.15) is 37.5 Å². The lowest BCUT2D eigenvalue weighted by Crippen LogP contribution is -2.14. The molecule has 0 spiro atoms. The summed E-state index contributed by atoms with van der Waals surface area (Å²) in [7, 11) is 3.23. The summed E-state index contributed by atoms with van der Waals surface area (Å²) in [6, 6.07) is 12.4. The van der Waals surface area contributed by atoms with Crippen molar-refractivity contribution in [2.45, 2.75) is 39.3 Å². The van der Waals surface area contributed by atoms with Crippen molar-refractivity contribution < 1.29 is 9.47 Å². The number of rotatable bonds is 6. The summed E-state index contributed by atoms with van der Waals surface area (Å²) in [5, 5.41) is 4.09. The second-order valence-corrected chi connectivity index (χ2v) is 7.26. The largest absolute Gasteiger partial charge is 0.493 e. The fourth-order valence-electron chi connectivity index (χ4n) is 2.50. The Balaban J connectivity index is 1.99. The molecule has 0 unspecified atom stereocenters. The average Bonchev–Trinajstić information content (AvgIpc) is 2.55. The van der Waals surface area contributed by atoms with Gasteiger partial charge in [0.2, 0.25) is 0 Å². The summed E-state index contributed by atoms with van der Waals surface area (Å²) in [6.45, 7) is 8.12. The van der Waals surface area contributed by atoms with Crippen molar-refractivity contribution in [3.8, 4) is 11.5 Å². The molecule has 0 atom stereocenters. The molecule has 0 fully saturated rings. The molecular weight excluding hydrogens is 322 g/mol. The summed E-state index contributed by atoms with van der Waals surface area (Å²) in [4.78, 5) is 0. The van der Waals surface area contributed by atoms with E-state index in [2.05, 4.69) is 50.4 Å². The molecule has 0 saturated carbocycles. The normalized spacial score (nSPS) is 11.4. The van der Waals surface area contributed by atoms with Crippen LogP contribution in [0.2, 0.25) is 5.02 Å². The lowest BCUT2D eigenvalue weighted by Gasteiger charge is -2.19. The van der Waals surface area contributed by atoms with E-state index in [1.165, 1.54) is 11.1 Å². The Morgan fingerprint density at radius 2 is 1.50 bits per heavy atom.